The standard InChI is InChI=1S/3C8H16O2.B/c3*1-3-5-6-7(4-2)8(9)10;/h3*7H,3-6H2,1-2H3,(H,9,10);/q;;;+3/p-3. The topological polar surface area (TPSA) is 120 Å². The summed E-state index contributed by atoms with van der Waals surface area (Å²) in [6.07, 6.45) is 10.6. The van der Waals surface area contributed by atoms with E-state index >= 15 is 0 Å². The van der Waals surface area contributed by atoms with Crippen LogP contribution in [0.15, 0.2) is 0 Å². The fourth-order valence-electron chi connectivity index (χ4n) is 2.82. The smallest absolute Gasteiger partial charge is 0.550 e. The Balaban J connectivity index is -0.000000174. The molecule has 0 aliphatic rings. The first-order valence-electron chi connectivity index (χ1n) is 11.8. The van der Waals surface area contributed by atoms with Gasteiger partial charge >= 0.3 is 8.41 Å². The van der Waals surface area contributed by atoms with Gasteiger partial charge in [-0.3, -0.25) is 0 Å². The monoisotopic (exact) mass is 440 g/mol. The molecule has 0 saturated heterocycles. The number of hydrogen-bond acceptors (Lipinski definition) is 6. The maximum Gasteiger partial charge on any atom is 3.00 e. The Morgan fingerprint density at radius 1 is 0.516 bits per heavy atom. The Hall–Kier alpha value is -1.53. The molecule has 0 aliphatic heterocycles. The number of carbonyl (C=O) groups is 3. The Morgan fingerprint density at radius 2 is 0.710 bits per heavy atom. The summed E-state index contributed by atoms with van der Waals surface area (Å²) in [5.41, 5.74) is 0. The number of carboxylic acid groups (broad SMARTS) is 3. The van der Waals surface area contributed by atoms with Gasteiger partial charge in [0.25, 0.3) is 0 Å². The van der Waals surface area contributed by atoms with Crippen molar-refractivity contribution in [2.75, 3.05) is 0 Å². The van der Waals surface area contributed by atoms with E-state index in [-0.39, 0.29) is 26.2 Å². The fraction of sp³-hybridized carbons (Fsp3) is 0.875. The van der Waals surface area contributed by atoms with E-state index in [0.717, 1.165) is 57.8 Å². The SMILES string of the molecule is CCCCC(CC)C(=O)[O-].CCCCC(CC)C(=O)[O-].CCCCC(CC)C(=O)[O-].[B+3]. The minimum Gasteiger partial charge on any atom is -0.550 e. The van der Waals surface area contributed by atoms with E-state index in [1.165, 1.54) is 0 Å². The molecule has 0 saturated carbocycles. The number of carboxylic acids is 3. The first-order valence-corrected chi connectivity index (χ1v) is 11.8. The van der Waals surface area contributed by atoms with Crippen molar-refractivity contribution in [1.29, 1.82) is 0 Å². The third-order valence-corrected chi connectivity index (χ3v) is 5.20. The summed E-state index contributed by atoms with van der Waals surface area (Å²) in [6.45, 7) is 11.8. The molecule has 0 aromatic carbocycles. The van der Waals surface area contributed by atoms with Gasteiger partial charge in [0.15, 0.2) is 0 Å². The molecule has 3 atom stereocenters. The van der Waals surface area contributed by atoms with Crippen molar-refractivity contribution < 1.29 is 29.7 Å². The third kappa shape index (κ3) is 24.6. The molecule has 0 aliphatic carbocycles. The van der Waals surface area contributed by atoms with Crippen molar-refractivity contribution in [3.8, 4) is 0 Å². The summed E-state index contributed by atoms with van der Waals surface area (Å²) < 4.78 is 0. The Labute approximate surface area is 192 Å². The zero-order valence-corrected chi connectivity index (χ0v) is 20.7. The van der Waals surface area contributed by atoms with E-state index in [4.69, 9.17) is 0 Å². The van der Waals surface area contributed by atoms with Gasteiger partial charge in [0.1, 0.15) is 0 Å². The second-order valence-electron chi connectivity index (χ2n) is 7.70. The van der Waals surface area contributed by atoms with Crippen molar-refractivity contribution in [3.63, 3.8) is 0 Å². The number of rotatable bonds is 15. The first-order chi connectivity index (χ1) is 14.2. The molecule has 0 radical (unpaired) electrons. The molecule has 7 heteroatoms. The van der Waals surface area contributed by atoms with Gasteiger partial charge in [-0.2, -0.15) is 0 Å². The fourth-order valence-corrected chi connectivity index (χ4v) is 2.82. The van der Waals surface area contributed by atoms with E-state index in [1.807, 2.05) is 20.8 Å². The molecule has 31 heavy (non-hydrogen) atoms. The maximum absolute atomic E-state index is 10.3. The van der Waals surface area contributed by atoms with E-state index in [9.17, 15) is 29.7 Å². The van der Waals surface area contributed by atoms with E-state index in [1.54, 1.807) is 0 Å². The van der Waals surface area contributed by atoms with Crippen LogP contribution in [0.4, 0.5) is 0 Å². The summed E-state index contributed by atoms with van der Waals surface area (Å²) in [6, 6.07) is 0. The van der Waals surface area contributed by atoms with Crippen LogP contribution in [0, 0.1) is 17.8 Å². The predicted octanol–water partition coefficient (Wildman–Crippen LogP) is 2.48. The Morgan fingerprint density at radius 3 is 0.806 bits per heavy atom. The van der Waals surface area contributed by atoms with Crippen LogP contribution in [0.3, 0.4) is 0 Å². The quantitative estimate of drug-likeness (QED) is 0.361. The average molecular weight is 440 g/mol. The van der Waals surface area contributed by atoms with Crippen LogP contribution in [-0.2, 0) is 14.4 Å². The van der Waals surface area contributed by atoms with Crippen molar-refractivity contribution in [3.05, 3.63) is 0 Å². The third-order valence-electron chi connectivity index (χ3n) is 5.20. The maximum atomic E-state index is 10.3. The molecule has 3 unspecified atom stereocenters. The molecule has 0 heterocycles. The second-order valence-corrected chi connectivity index (χ2v) is 7.70. The van der Waals surface area contributed by atoms with Crippen LogP contribution >= 0.6 is 0 Å². The molecular formula is C24H45BO6. The zero-order valence-electron chi connectivity index (χ0n) is 20.7. The van der Waals surface area contributed by atoms with Gasteiger partial charge in [0.2, 0.25) is 0 Å². The molecule has 0 bridgehead atoms. The summed E-state index contributed by atoms with van der Waals surface area (Å²) in [4.78, 5) is 31.0. The van der Waals surface area contributed by atoms with Gasteiger partial charge in [-0.1, -0.05) is 80.1 Å². The number of unbranched alkanes of at least 4 members (excludes halogenated alkanes) is 3. The summed E-state index contributed by atoms with van der Waals surface area (Å²) in [5.74, 6) is -3.34. The van der Waals surface area contributed by atoms with Gasteiger partial charge < -0.3 is 29.7 Å². The molecule has 0 N–H and O–H groups in total. The van der Waals surface area contributed by atoms with Crippen LogP contribution in [0.1, 0.15) is 119 Å². The zero-order chi connectivity index (χ0) is 23.9. The molecule has 6 nitrogen and oxygen atoms in total. The average Bonchev–Trinajstić information content (AvgIpc) is 2.70. The van der Waals surface area contributed by atoms with E-state index in [2.05, 4.69) is 20.8 Å². The number of aliphatic carboxylic acids is 3. The van der Waals surface area contributed by atoms with Crippen molar-refractivity contribution in [2.45, 2.75) is 119 Å². The molecular weight excluding hydrogens is 395 g/mol. The number of hydrogen-bond donors (Lipinski definition) is 0. The van der Waals surface area contributed by atoms with Crippen LogP contribution in [0.5, 0.6) is 0 Å². The normalized spacial score (nSPS) is 12.6. The first kappa shape index (κ1) is 36.8. The predicted molar refractivity (Wildman–Crippen MR) is 121 cm³/mol. The van der Waals surface area contributed by atoms with Crippen LogP contribution in [0.2, 0.25) is 0 Å². The second kappa shape index (κ2) is 26.5. The van der Waals surface area contributed by atoms with Gasteiger partial charge in [-0.05, 0) is 56.3 Å². The van der Waals surface area contributed by atoms with Gasteiger partial charge in [-0.25, -0.2) is 0 Å². The molecule has 0 aromatic rings. The minimum atomic E-state index is -0.893. The van der Waals surface area contributed by atoms with Crippen LogP contribution < -0.4 is 15.3 Å². The van der Waals surface area contributed by atoms with Gasteiger partial charge in [0.05, 0.1) is 0 Å². The van der Waals surface area contributed by atoms with E-state index in [0.29, 0.717) is 19.3 Å². The van der Waals surface area contributed by atoms with Crippen molar-refractivity contribution >= 4 is 26.3 Å². The van der Waals surface area contributed by atoms with Crippen LogP contribution in [-0.4, -0.2) is 26.3 Å². The molecule has 180 valence electrons. The Bertz CT molecular complexity index is 366. The Kier molecular flexibility index (Phi) is 31.5. The number of carbonyl (C=O) groups excluding carboxylic acids is 3. The van der Waals surface area contributed by atoms with Crippen LogP contribution in [0.25, 0.3) is 0 Å². The molecule has 0 aromatic heterocycles. The largest absolute Gasteiger partial charge is 3.00 e. The minimum absolute atomic E-state index is 0. The summed E-state index contributed by atoms with van der Waals surface area (Å²) >= 11 is 0. The van der Waals surface area contributed by atoms with Gasteiger partial charge in [0, 0.05) is 17.9 Å². The van der Waals surface area contributed by atoms with E-state index < -0.39 is 17.9 Å². The molecule has 0 amide bonds. The molecule has 0 fully saturated rings. The van der Waals surface area contributed by atoms with Crippen molar-refractivity contribution in [2.24, 2.45) is 17.8 Å². The van der Waals surface area contributed by atoms with Crippen molar-refractivity contribution in [1.82, 2.24) is 0 Å². The summed E-state index contributed by atoms with van der Waals surface area (Å²) in [5, 5.41) is 31.0. The van der Waals surface area contributed by atoms with Gasteiger partial charge in [-0.15, -0.1) is 0 Å². The summed E-state index contributed by atoms with van der Waals surface area (Å²) in [7, 11) is 0. The molecule has 0 rings (SSSR count). The molecule has 0 spiro atoms.